The minimum atomic E-state index is 0.206. The van der Waals surface area contributed by atoms with Crippen molar-refractivity contribution in [3.8, 4) is 0 Å². The van der Waals surface area contributed by atoms with Crippen LogP contribution in [0.1, 0.15) is 36.5 Å². The van der Waals surface area contributed by atoms with E-state index in [0.29, 0.717) is 11.7 Å². The second-order valence-electron chi connectivity index (χ2n) is 7.37. The Kier molecular flexibility index (Phi) is 4.81. The second-order valence-corrected chi connectivity index (χ2v) is 7.37. The van der Waals surface area contributed by atoms with Gasteiger partial charge in [0.25, 0.3) is 0 Å². The van der Waals surface area contributed by atoms with Crippen LogP contribution in [-0.4, -0.2) is 30.4 Å². The van der Waals surface area contributed by atoms with E-state index < -0.39 is 0 Å². The van der Waals surface area contributed by atoms with Gasteiger partial charge in [0.15, 0.2) is 18.1 Å². The summed E-state index contributed by atoms with van der Waals surface area (Å²) in [7, 11) is 0. The predicted molar refractivity (Wildman–Crippen MR) is 109 cm³/mol. The molecule has 28 heavy (non-hydrogen) atoms. The maximum atomic E-state index is 5.38. The lowest BCUT2D eigenvalue weighted by Crippen LogP contribution is -2.07. The predicted octanol–water partition coefficient (Wildman–Crippen LogP) is 3.90. The third kappa shape index (κ3) is 3.35. The van der Waals surface area contributed by atoms with Gasteiger partial charge in [-0.2, -0.15) is 0 Å². The molecule has 0 fully saturated rings. The van der Waals surface area contributed by atoms with Crippen molar-refractivity contribution in [2.45, 2.75) is 40.8 Å². The molecule has 0 spiro atoms. The summed E-state index contributed by atoms with van der Waals surface area (Å²) in [6, 6.07) is 9.81. The molecule has 4 aromatic rings. The van der Waals surface area contributed by atoms with Crippen molar-refractivity contribution in [1.29, 1.82) is 0 Å². The standard InChI is InChI=1S/C21H24N6O/c1-14(2)11-26-16(4)15(3)19-20(26)22-13-27-21(19)24-18(25-27)12-28-23-10-17-8-6-5-7-9-17/h5-10,13-14H,11-12H2,1-4H3. The average Bonchev–Trinajstić information content (AvgIpc) is 3.20. The zero-order valence-electron chi connectivity index (χ0n) is 16.6. The van der Waals surface area contributed by atoms with E-state index in [9.17, 15) is 0 Å². The van der Waals surface area contributed by atoms with Gasteiger partial charge in [0.2, 0.25) is 0 Å². The zero-order chi connectivity index (χ0) is 19.7. The van der Waals surface area contributed by atoms with Crippen LogP contribution in [0.15, 0.2) is 41.8 Å². The van der Waals surface area contributed by atoms with Gasteiger partial charge in [-0.25, -0.2) is 14.5 Å². The number of rotatable bonds is 6. The van der Waals surface area contributed by atoms with E-state index in [1.807, 2.05) is 30.3 Å². The van der Waals surface area contributed by atoms with Crippen LogP contribution >= 0.6 is 0 Å². The molecule has 0 aliphatic rings. The molecule has 3 aromatic heterocycles. The van der Waals surface area contributed by atoms with Gasteiger partial charge in [0, 0.05) is 12.2 Å². The van der Waals surface area contributed by atoms with Gasteiger partial charge >= 0.3 is 0 Å². The Hall–Kier alpha value is -3.22. The highest BCUT2D eigenvalue weighted by atomic mass is 16.6. The molecule has 1 aromatic carbocycles. The Morgan fingerprint density at radius 3 is 2.68 bits per heavy atom. The summed E-state index contributed by atoms with van der Waals surface area (Å²) < 4.78 is 3.98. The van der Waals surface area contributed by atoms with Crippen molar-refractivity contribution in [2.24, 2.45) is 11.1 Å². The van der Waals surface area contributed by atoms with E-state index >= 15 is 0 Å². The van der Waals surface area contributed by atoms with E-state index in [0.717, 1.165) is 28.8 Å². The Bertz CT molecular complexity index is 1140. The molecule has 0 aliphatic heterocycles. The van der Waals surface area contributed by atoms with Gasteiger partial charge in [-0.1, -0.05) is 49.3 Å². The Balaban J connectivity index is 1.62. The van der Waals surface area contributed by atoms with Gasteiger partial charge in [-0.3, -0.25) is 0 Å². The Morgan fingerprint density at radius 2 is 1.93 bits per heavy atom. The molecule has 0 saturated heterocycles. The van der Waals surface area contributed by atoms with Crippen LogP contribution in [0.4, 0.5) is 0 Å². The monoisotopic (exact) mass is 376 g/mol. The largest absolute Gasteiger partial charge is 0.387 e. The summed E-state index contributed by atoms with van der Waals surface area (Å²) >= 11 is 0. The minimum absolute atomic E-state index is 0.206. The molecule has 144 valence electrons. The van der Waals surface area contributed by atoms with Gasteiger partial charge in [0.05, 0.1) is 11.6 Å². The highest BCUT2D eigenvalue weighted by Crippen LogP contribution is 2.27. The summed E-state index contributed by atoms with van der Waals surface area (Å²) in [5.41, 5.74) is 5.15. The van der Waals surface area contributed by atoms with Gasteiger partial charge in [-0.15, -0.1) is 5.10 Å². The molecule has 0 N–H and O–H groups in total. The van der Waals surface area contributed by atoms with Gasteiger partial charge in [-0.05, 0) is 30.9 Å². The lowest BCUT2D eigenvalue weighted by atomic mass is 10.2. The van der Waals surface area contributed by atoms with Crippen LogP contribution < -0.4 is 0 Å². The summed E-state index contributed by atoms with van der Waals surface area (Å²) in [6.45, 7) is 9.80. The molecule has 0 unspecified atom stereocenters. The van der Waals surface area contributed by atoms with E-state index in [4.69, 9.17) is 4.84 Å². The number of hydrogen-bond acceptors (Lipinski definition) is 5. The molecule has 4 rings (SSSR count). The molecular formula is C21H24N6O. The van der Waals surface area contributed by atoms with Gasteiger partial charge < -0.3 is 9.40 Å². The Labute approximate surface area is 163 Å². The third-order valence-corrected chi connectivity index (χ3v) is 4.81. The lowest BCUT2D eigenvalue weighted by molar-refractivity contribution is 0.126. The van der Waals surface area contributed by atoms with Crippen LogP contribution in [-0.2, 0) is 18.0 Å². The minimum Gasteiger partial charge on any atom is -0.387 e. The maximum Gasteiger partial charge on any atom is 0.192 e. The van der Waals surface area contributed by atoms with Crippen molar-refractivity contribution >= 4 is 22.9 Å². The molecule has 0 saturated carbocycles. The van der Waals surface area contributed by atoms with Crippen LogP contribution in [0.25, 0.3) is 16.7 Å². The molecule has 7 heteroatoms. The highest BCUT2D eigenvalue weighted by molar-refractivity contribution is 5.93. The van der Waals surface area contributed by atoms with Crippen LogP contribution in [0.3, 0.4) is 0 Å². The van der Waals surface area contributed by atoms with Crippen LogP contribution in [0.2, 0.25) is 0 Å². The Morgan fingerprint density at radius 1 is 1.14 bits per heavy atom. The number of nitrogens with zero attached hydrogens (tertiary/aromatic N) is 6. The second kappa shape index (κ2) is 7.42. The van der Waals surface area contributed by atoms with Crippen molar-refractivity contribution in [3.63, 3.8) is 0 Å². The summed E-state index contributed by atoms with van der Waals surface area (Å²) in [4.78, 5) is 14.7. The molecule has 3 heterocycles. The number of hydrogen-bond donors (Lipinski definition) is 0. The topological polar surface area (TPSA) is 69.6 Å². The van der Waals surface area contributed by atoms with E-state index in [2.05, 4.69) is 52.5 Å². The molecule has 0 aliphatic carbocycles. The first-order valence-corrected chi connectivity index (χ1v) is 9.44. The molecule has 0 amide bonds. The smallest absolute Gasteiger partial charge is 0.192 e. The summed E-state index contributed by atoms with van der Waals surface area (Å²) in [5.74, 6) is 1.12. The fourth-order valence-electron chi connectivity index (χ4n) is 3.36. The lowest BCUT2D eigenvalue weighted by Gasteiger charge is -2.10. The molecule has 0 atom stereocenters. The van der Waals surface area contributed by atoms with Crippen LogP contribution in [0, 0.1) is 19.8 Å². The number of fused-ring (bicyclic) bond motifs is 3. The first kappa shape index (κ1) is 18.2. The molecular weight excluding hydrogens is 352 g/mol. The summed E-state index contributed by atoms with van der Waals surface area (Å²) in [5, 5.41) is 9.54. The van der Waals surface area contributed by atoms with Crippen molar-refractivity contribution < 1.29 is 4.84 Å². The van der Waals surface area contributed by atoms with Crippen molar-refractivity contribution in [2.75, 3.05) is 0 Å². The first-order valence-electron chi connectivity index (χ1n) is 9.44. The van der Waals surface area contributed by atoms with E-state index in [-0.39, 0.29) is 6.61 Å². The number of oxime groups is 1. The van der Waals surface area contributed by atoms with Gasteiger partial charge in [0.1, 0.15) is 12.0 Å². The molecule has 7 nitrogen and oxygen atoms in total. The van der Waals surface area contributed by atoms with E-state index in [1.54, 1.807) is 17.1 Å². The maximum absolute atomic E-state index is 5.38. The highest BCUT2D eigenvalue weighted by Gasteiger charge is 2.18. The number of benzene rings is 1. The van der Waals surface area contributed by atoms with E-state index in [1.165, 1.54) is 11.3 Å². The normalized spacial score (nSPS) is 12.0. The molecule has 0 radical (unpaired) electrons. The SMILES string of the molecule is Cc1c(C)n(CC(C)C)c2ncn3nc(CON=Cc4ccccc4)nc3c12. The fraction of sp³-hybridized carbons (Fsp3) is 0.333. The third-order valence-electron chi connectivity index (χ3n) is 4.81. The number of aromatic nitrogens is 5. The quantitative estimate of drug-likeness (QED) is 0.378. The summed E-state index contributed by atoms with van der Waals surface area (Å²) in [6.07, 6.45) is 3.40. The van der Waals surface area contributed by atoms with Crippen molar-refractivity contribution in [1.82, 2.24) is 24.1 Å². The fourth-order valence-corrected chi connectivity index (χ4v) is 3.36. The molecule has 0 bridgehead atoms. The van der Waals surface area contributed by atoms with Crippen molar-refractivity contribution in [3.05, 3.63) is 59.3 Å². The average molecular weight is 376 g/mol. The van der Waals surface area contributed by atoms with Crippen LogP contribution in [0.5, 0.6) is 0 Å². The number of aryl methyl sites for hydroxylation is 1. The zero-order valence-corrected chi connectivity index (χ0v) is 16.6. The first-order chi connectivity index (χ1) is 13.5.